The Hall–Kier alpha value is -3.74. The minimum absolute atomic E-state index is 0.110. The third-order valence-electron chi connectivity index (χ3n) is 4.90. The Kier molecular flexibility index (Phi) is 5.18. The van der Waals surface area contributed by atoms with Gasteiger partial charge in [0.25, 0.3) is 0 Å². The molecule has 0 bridgehead atoms. The minimum Gasteiger partial charge on any atom is -0.326 e. The fourth-order valence-electron chi connectivity index (χ4n) is 3.57. The molecule has 0 fully saturated rings. The van der Waals surface area contributed by atoms with Gasteiger partial charge in [-0.1, -0.05) is 18.2 Å². The van der Waals surface area contributed by atoms with Gasteiger partial charge < -0.3 is 5.32 Å². The smallest absolute Gasteiger partial charge is 0.300 e. The molecular formula is C23H23N5O2. The first-order chi connectivity index (χ1) is 14.4. The van der Waals surface area contributed by atoms with E-state index in [1.54, 1.807) is 21.4 Å². The summed E-state index contributed by atoms with van der Waals surface area (Å²) in [5, 5.41) is 11.1. The molecule has 30 heavy (non-hydrogen) atoms. The standard InChI is InChI=1S/C23H23N5O2/c1-15-5-4-6-18(12-15)24-21(29)8-7-20-25-26-22-23(30)27(9-10-28(20)22)19-13-16(2)11-17(3)14-19/h4-6,9-14H,7-8H2,1-3H3,(H,24,29). The maximum atomic E-state index is 12.9. The highest BCUT2D eigenvalue weighted by Crippen LogP contribution is 2.13. The fraction of sp³-hybridized carbons (Fsp3) is 0.217. The topological polar surface area (TPSA) is 81.3 Å². The number of aryl methyl sites for hydroxylation is 4. The molecular weight excluding hydrogens is 378 g/mol. The fourth-order valence-corrected chi connectivity index (χ4v) is 3.57. The lowest BCUT2D eigenvalue weighted by atomic mass is 10.1. The van der Waals surface area contributed by atoms with Crippen LogP contribution in [0.1, 0.15) is 28.9 Å². The van der Waals surface area contributed by atoms with Gasteiger partial charge in [-0.05, 0) is 61.7 Å². The van der Waals surface area contributed by atoms with Crippen molar-refractivity contribution in [3.8, 4) is 5.69 Å². The highest BCUT2D eigenvalue weighted by molar-refractivity contribution is 5.90. The van der Waals surface area contributed by atoms with Crippen LogP contribution in [0.25, 0.3) is 11.3 Å². The molecule has 1 N–H and O–H groups in total. The largest absolute Gasteiger partial charge is 0.326 e. The Labute approximate surface area is 174 Å². The van der Waals surface area contributed by atoms with E-state index in [0.717, 1.165) is 28.1 Å². The number of benzene rings is 2. The number of nitrogens with zero attached hydrogens (tertiary/aromatic N) is 4. The van der Waals surface area contributed by atoms with Gasteiger partial charge in [0.15, 0.2) is 0 Å². The van der Waals surface area contributed by atoms with Crippen molar-refractivity contribution in [3.63, 3.8) is 0 Å². The highest BCUT2D eigenvalue weighted by atomic mass is 16.1. The molecule has 4 aromatic rings. The molecule has 0 saturated carbocycles. The Morgan fingerprint density at radius 1 is 0.967 bits per heavy atom. The zero-order valence-corrected chi connectivity index (χ0v) is 17.2. The number of nitrogens with one attached hydrogen (secondary N) is 1. The van der Waals surface area contributed by atoms with Gasteiger partial charge in [0, 0.05) is 36.6 Å². The van der Waals surface area contributed by atoms with E-state index in [9.17, 15) is 9.59 Å². The van der Waals surface area contributed by atoms with Crippen molar-refractivity contribution in [1.82, 2.24) is 19.2 Å². The van der Waals surface area contributed by atoms with E-state index in [1.807, 2.05) is 57.2 Å². The molecule has 4 rings (SSSR count). The van der Waals surface area contributed by atoms with Crippen molar-refractivity contribution in [2.24, 2.45) is 0 Å². The molecule has 2 heterocycles. The van der Waals surface area contributed by atoms with E-state index in [1.165, 1.54) is 0 Å². The summed E-state index contributed by atoms with van der Waals surface area (Å²) in [6, 6.07) is 13.6. The average molecular weight is 401 g/mol. The lowest BCUT2D eigenvalue weighted by Gasteiger charge is -2.09. The van der Waals surface area contributed by atoms with Gasteiger partial charge >= 0.3 is 5.56 Å². The lowest BCUT2D eigenvalue weighted by Crippen LogP contribution is -2.20. The predicted octanol–water partition coefficient (Wildman–Crippen LogP) is 3.38. The first-order valence-electron chi connectivity index (χ1n) is 9.81. The van der Waals surface area contributed by atoms with Crippen molar-refractivity contribution in [2.75, 3.05) is 5.32 Å². The zero-order chi connectivity index (χ0) is 21.3. The summed E-state index contributed by atoms with van der Waals surface area (Å²) in [5.74, 6) is 0.468. The molecule has 2 aromatic heterocycles. The summed E-state index contributed by atoms with van der Waals surface area (Å²) in [6.07, 6.45) is 4.10. The van der Waals surface area contributed by atoms with Crippen LogP contribution in [0, 0.1) is 20.8 Å². The second-order valence-corrected chi connectivity index (χ2v) is 7.55. The summed E-state index contributed by atoms with van der Waals surface area (Å²) < 4.78 is 3.22. The van der Waals surface area contributed by atoms with Crippen LogP contribution in [0.15, 0.2) is 59.7 Å². The Morgan fingerprint density at radius 2 is 1.73 bits per heavy atom. The molecule has 0 saturated heterocycles. The summed E-state index contributed by atoms with van der Waals surface area (Å²) in [7, 11) is 0. The van der Waals surface area contributed by atoms with Crippen LogP contribution in [-0.2, 0) is 11.2 Å². The number of rotatable bonds is 5. The number of anilines is 1. The summed E-state index contributed by atoms with van der Waals surface area (Å²) in [5.41, 5.74) is 4.80. The third-order valence-corrected chi connectivity index (χ3v) is 4.90. The SMILES string of the molecule is Cc1cccc(NC(=O)CCc2nnc3c(=O)n(-c4cc(C)cc(C)c4)ccn23)c1. The molecule has 0 aliphatic rings. The first-order valence-corrected chi connectivity index (χ1v) is 9.81. The van der Waals surface area contributed by atoms with Crippen LogP contribution in [0.5, 0.6) is 0 Å². The number of hydrogen-bond donors (Lipinski definition) is 1. The van der Waals surface area contributed by atoms with Crippen molar-refractivity contribution < 1.29 is 4.79 Å². The van der Waals surface area contributed by atoms with E-state index >= 15 is 0 Å². The van der Waals surface area contributed by atoms with Crippen molar-refractivity contribution in [2.45, 2.75) is 33.6 Å². The van der Waals surface area contributed by atoms with E-state index < -0.39 is 0 Å². The number of carbonyl (C=O) groups excluding carboxylic acids is 1. The van der Waals surface area contributed by atoms with Gasteiger partial charge in [-0.25, -0.2) is 0 Å². The van der Waals surface area contributed by atoms with Crippen LogP contribution >= 0.6 is 0 Å². The zero-order valence-electron chi connectivity index (χ0n) is 17.2. The van der Waals surface area contributed by atoms with Crippen LogP contribution in [0.2, 0.25) is 0 Å². The molecule has 7 nitrogen and oxygen atoms in total. The number of carbonyl (C=O) groups is 1. The Bertz CT molecular complexity index is 1280. The van der Waals surface area contributed by atoms with Gasteiger partial charge in [-0.2, -0.15) is 0 Å². The van der Waals surface area contributed by atoms with Crippen molar-refractivity contribution in [3.05, 3.63) is 87.7 Å². The summed E-state index contributed by atoms with van der Waals surface area (Å²) >= 11 is 0. The Balaban J connectivity index is 1.54. The van der Waals surface area contributed by atoms with Crippen LogP contribution in [0.3, 0.4) is 0 Å². The van der Waals surface area contributed by atoms with E-state index in [4.69, 9.17) is 0 Å². The molecule has 0 spiro atoms. The monoisotopic (exact) mass is 401 g/mol. The molecule has 0 radical (unpaired) electrons. The average Bonchev–Trinajstić information content (AvgIpc) is 3.10. The van der Waals surface area contributed by atoms with E-state index in [0.29, 0.717) is 12.2 Å². The quantitative estimate of drug-likeness (QED) is 0.556. The van der Waals surface area contributed by atoms with Crippen molar-refractivity contribution >= 4 is 17.2 Å². The maximum absolute atomic E-state index is 12.9. The molecule has 0 aliphatic heterocycles. The van der Waals surface area contributed by atoms with E-state index in [-0.39, 0.29) is 23.5 Å². The first kappa shape index (κ1) is 19.6. The van der Waals surface area contributed by atoms with Gasteiger partial charge in [-0.15, -0.1) is 10.2 Å². The number of aromatic nitrogens is 4. The second-order valence-electron chi connectivity index (χ2n) is 7.55. The number of hydrogen-bond acceptors (Lipinski definition) is 4. The van der Waals surface area contributed by atoms with Crippen LogP contribution in [-0.4, -0.2) is 25.1 Å². The normalized spacial score (nSPS) is 11.0. The molecule has 7 heteroatoms. The maximum Gasteiger partial charge on any atom is 0.300 e. The van der Waals surface area contributed by atoms with Gasteiger partial charge in [0.05, 0.1) is 0 Å². The van der Waals surface area contributed by atoms with Crippen LogP contribution < -0.4 is 10.9 Å². The van der Waals surface area contributed by atoms with Crippen LogP contribution in [0.4, 0.5) is 5.69 Å². The number of fused-ring (bicyclic) bond motifs is 1. The minimum atomic E-state index is -0.245. The number of amides is 1. The summed E-state index contributed by atoms with van der Waals surface area (Å²) in [4.78, 5) is 25.2. The molecule has 0 aliphatic carbocycles. The molecule has 1 amide bonds. The van der Waals surface area contributed by atoms with Gasteiger partial charge in [0.1, 0.15) is 5.82 Å². The molecule has 152 valence electrons. The van der Waals surface area contributed by atoms with Crippen molar-refractivity contribution in [1.29, 1.82) is 0 Å². The van der Waals surface area contributed by atoms with E-state index in [2.05, 4.69) is 21.6 Å². The van der Waals surface area contributed by atoms with Gasteiger partial charge in [-0.3, -0.25) is 18.6 Å². The third kappa shape index (κ3) is 4.00. The molecule has 2 aromatic carbocycles. The lowest BCUT2D eigenvalue weighted by molar-refractivity contribution is -0.116. The molecule has 0 atom stereocenters. The molecule has 0 unspecified atom stereocenters. The predicted molar refractivity (Wildman–Crippen MR) is 116 cm³/mol. The summed E-state index contributed by atoms with van der Waals surface area (Å²) in [6.45, 7) is 5.97. The highest BCUT2D eigenvalue weighted by Gasteiger charge is 2.13. The second kappa shape index (κ2) is 7.94. The Morgan fingerprint density at radius 3 is 2.47 bits per heavy atom. The van der Waals surface area contributed by atoms with Gasteiger partial charge in [0.2, 0.25) is 11.6 Å².